The first-order valence-electron chi connectivity index (χ1n) is 10.9. The summed E-state index contributed by atoms with van der Waals surface area (Å²) < 4.78 is 38.5. The molecule has 0 unspecified atom stereocenters. The number of carbonyl (C=O) groups excluding carboxylic acids is 1. The number of hydrogen-bond donors (Lipinski definition) is 0. The van der Waals surface area contributed by atoms with Gasteiger partial charge in [-0.1, -0.05) is 0 Å². The number of rotatable bonds is 8. The van der Waals surface area contributed by atoms with Crippen molar-refractivity contribution in [3.8, 4) is 34.0 Å². The molecule has 0 spiro atoms. The molecule has 0 bridgehead atoms. The van der Waals surface area contributed by atoms with Crippen molar-refractivity contribution >= 4 is 11.4 Å². The summed E-state index contributed by atoms with van der Waals surface area (Å²) in [6.45, 7) is -1.21. The minimum absolute atomic E-state index is 0.0486. The number of aryl methyl sites for hydroxylation is 1. The number of imidazole rings is 1. The van der Waals surface area contributed by atoms with Crippen LogP contribution in [0.25, 0.3) is 28.2 Å². The molecule has 9 heteroatoms. The van der Waals surface area contributed by atoms with E-state index in [4.69, 9.17) is 9.47 Å². The molecule has 5 rings (SSSR count). The molecule has 1 fully saturated rings. The number of aromatic nitrogens is 4. The third-order valence-corrected chi connectivity index (χ3v) is 5.85. The fourth-order valence-electron chi connectivity index (χ4n) is 3.96. The van der Waals surface area contributed by atoms with Crippen molar-refractivity contribution in [1.29, 1.82) is 0 Å². The van der Waals surface area contributed by atoms with Gasteiger partial charge in [0.1, 0.15) is 22.7 Å². The molecule has 0 amide bonds. The van der Waals surface area contributed by atoms with Gasteiger partial charge in [-0.25, -0.2) is 4.98 Å². The van der Waals surface area contributed by atoms with Crippen LogP contribution in [0.15, 0.2) is 48.8 Å². The summed E-state index contributed by atoms with van der Waals surface area (Å²) in [5.41, 5.74) is 4.23. The van der Waals surface area contributed by atoms with Crippen molar-refractivity contribution in [2.45, 2.75) is 32.8 Å². The van der Waals surface area contributed by atoms with Gasteiger partial charge in [0.25, 0.3) is 0 Å². The van der Waals surface area contributed by atoms with E-state index in [0.717, 1.165) is 24.1 Å². The van der Waals surface area contributed by atoms with Gasteiger partial charge < -0.3 is 9.47 Å². The summed E-state index contributed by atoms with van der Waals surface area (Å²) in [7, 11) is 1.41. The van der Waals surface area contributed by atoms with Gasteiger partial charge in [0.2, 0.25) is 0 Å². The van der Waals surface area contributed by atoms with Gasteiger partial charge >= 0.3 is 6.61 Å². The molecule has 0 aliphatic heterocycles. The molecular formula is C25H22F2N4O3. The molecule has 0 atom stereocenters. The van der Waals surface area contributed by atoms with Crippen LogP contribution in [0.4, 0.5) is 8.78 Å². The molecule has 1 aromatic carbocycles. The lowest BCUT2D eigenvalue weighted by atomic mass is 10.00. The number of alkyl halides is 2. The number of ether oxygens (including phenoxy) is 2. The van der Waals surface area contributed by atoms with Crippen LogP contribution < -0.4 is 9.47 Å². The topological polar surface area (TPSA) is 78.6 Å². The Morgan fingerprint density at radius 2 is 1.91 bits per heavy atom. The Balaban J connectivity index is 1.57. The van der Waals surface area contributed by atoms with Crippen molar-refractivity contribution < 1.29 is 23.0 Å². The third-order valence-electron chi connectivity index (χ3n) is 5.85. The van der Waals surface area contributed by atoms with Crippen LogP contribution in [0.5, 0.6) is 11.5 Å². The van der Waals surface area contributed by atoms with Gasteiger partial charge in [-0.2, -0.15) is 19.0 Å². The molecular weight excluding hydrogens is 442 g/mol. The molecule has 0 saturated heterocycles. The predicted octanol–water partition coefficient (Wildman–Crippen LogP) is 5.36. The van der Waals surface area contributed by atoms with Crippen LogP contribution in [0.3, 0.4) is 0 Å². The highest BCUT2D eigenvalue weighted by Gasteiger charge is 2.29. The fraction of sp³-hybridized carbons (Fsp3) is 0.280. The van der Waals surface area contributed by atoms with Gasteiger partial charge in [0, 0.05) is 23.7 Å². The molecule has 3 aromatic heterocycles. The number of fused-ring (bicyclic) bond motifs is 1. The molecule has 34 heavy (non-hydrogen) atoms. The number of halogens is 2. The standard InChI is InChI=1S/C25H22F2N4O3/c1-14-3-6-18(30-29-14)16-7-8-31-19(13-28-23(31)12-16)17-10-21(33-2)24(20(32)9-15-4-5-15)22(11-17)34-25(26)27/h3,6-8,10-13,15,25H,4-5,9H2,1-2H3. The Labute approximate surface area is 194 Å². The van der Waals surface area contributed by atoms with E-state index in [-0.39, 0.29) is 29.3 Å². The zero-order valence-corrected chi connectivity index (χ0v) is 18.7. The lowest BCUT2D eigenvalue weighted by molar-refractivity contribution is -0.0502. The molecule has 3 heterocycles. The minimum Gasteiger partial charge on any atom is -0.496 e. The average Bonchev–Trinajstić information content (AvgIpc) is 3.53. The first kappa shape index (κ1) is 21.9. The van der Waals surface area contributed by atoms with Gasteiger partial charge in [-0.3, -0.25) is 9.20 Å². The number of pyridine rings is 1. The third kappa shape index (κ3) is 4.33. The zero-order valence-electron chi connectivity index (χ0n) is 18.7. The van der Waals surface area contributed by atoms with E-state index in [2.05, 4.69) is 15.2 Å². The molecule has 0 radical (unpaired) electrons. The Hall–Kier alpha value is -3.88. The summed E-state index contributed by atoms with van der Waals surface area (Å²) in [6, 6.07) is 10.6. The van der Waals surface area contributed by atoms with E-state index in [1.165, 1.54) is 13.2 Å². The summed E-state index contributed by atoms with van der Waals surface area (Å²) >= 11 is 0. The lowest BCUT2D eigenvalue weighted by Crippen LogP contribution is -2.11. The summed E-state index contributed by atoms with van der Waals surface area (Å²) in [6.07, 6.45) is 5.67. The number of benzene rings is 1. The maximum absolute atomic E-state index is 13.2. The Kier molecular flexibility index (Phi) is 5.69. The molecule has 0 N–H and O–H groups in total. The summed E-state index contributed by atoms with van der Waals surface area (Å²) in [5, 5.41) is 8.30. The van der Waals surface area contributed by atoms with Crippen LogP contribution in [0.2, 0.25) is 0 Å². The number of methoxy groups -OCH3 is 1. The van der Waals surface area contributed by atoms with Gasteiger partial charge in [0.15, 0.2) is 5.78 Å². The normalized spacial score (nSPS) is 13.4. The SMILES string of the molecule is COc1cc(-c2cnc3cc(-c4ccc(C)nn4)ccn23)cc(OC(F)F)c1C(=O)CC1CC1. The number of carbonyl (C=O) groups is 1. The Morgan fingerprint density at radius 1 is 1.12 bits per heavy atom. The second-order valence-corrected chi connectivity index (χ2v) is 8.35. The molecule has 1 saturated carbocycles. The van der Waals surface area contributed by atoms with Crippen LogP contribution >= 0.6 is 0 Å². The van der Waals surface area contributed by atoms with Crippen molar-refractivity contribution in [3.63, 3.8) is 0 Å². The molecule has 7 nitrogen and oxygen atoms in total. The van der Waals surface area contributed by atoms with E-state index in [9.17, 15) is 13.6 Å². The summed E-state index contributed by atoms with van der Waals surface area (Å²) in [5.74, 6) is 0.0304. The highest BCUT2D eigenvalue weighted by Crippen LogP contribution is 2.40. The van der Waals surface area contributed by atoms with Gasteiger partial charge in [0.05, 0.1) is 30.4 Å². The van der Waals surface area contributed by atoms with E-state index in [1.54, 1.807) is 12.3 Å². The van der Waals surface area contributed by atoms with Crippen molar-refractivity contribution in [3.05, 3.63) is 60.0 Å². The van der Waals surface area contributed by atoms with Crippen LogP contribution in [-0.2, 0) is 0 Å². The van der Waals surface area contributed by atoms with Gasteiger partial charge in [-0.05, 0) is 62.1 Å². The highest BCUT2D eigenvalue weighted by molar-refractivity contribution is 6.02. The van der Waals surface area contributed by atoms with E-state index in [1.807, 2.05) is 41.8 Å². The number of nitrogens with zero attached hydrogens (tertiary/aromatic N) is 4. The largest absolute Gasteiger partial charge is 0.496 e. The van der Waals surface area contributed by atoms with Crippen LogP contribution in [-0.4, -0.2) is 39.1 Å². The summed E-state index contributed by atoms with van der Waals surface area (Å²) in [4.78, 5) is 17.3. The number of Topliss-reactive ketones (excluding diaryl/α,β-unsaturated/α-hetero) is 1. The van der Waals surface area contributed by atoms with Gasteiger partial charge in [-0.15, -0.1) is 0 Å². The van der Waals surface area contributed by atoms with Crippen LogP contribution in [0.1, 0.15) is 35.3 Å². The zero-order chi connectivity index (χ0) is 23.8. The van der Waals surface area contributed by atoms with E-state index < -0.39 is 6.61 Å². The molecule has 1 aliphatic rings. The lowest BCUT2D eigenvalue weighted by Gasteiger charge is -2.16. The van der Waals surface area contributed by atoms with Crippen molar-refractivity contribution in [2.24, 2.45) is 5.92 Å². The first-order chi connectivity index (χ1) is 16.4. The smallest absolute Gasteiger partial charge is 0.387 e. The Morgan fingerprint density at radius 3 is 2.59 bits per heavy atom. The maximum atomic E-state index is 13.2. The predicted molar refractivity (Wildman–Crippen MR) is 121 cm³/mol. The number of ketones is 1. The molecule has 174 valence electrons. The monoisotopic (exact) mass is 464 g/mol. The highest BCUT2D eigenvalue weighted by atomic mass is 19.3. The van der Waals surface area contributed by atoms with E-state index in [0.29, 0.717) is 28.5 Å². The average molecular weight is 464 g/mol. The first-order valence-corrected chi connectivity index (χ1v) is 10.9. The van der Waals surface area contributed by atoms with E-state index >= 15 is 0 Å². The quantitative estimate of drug-likeness (QED) is 0.327. The Bertz CT molecular complexity index is 1360. The van der Waals surface area contributed by atoms with Crippen molar-refractivity contribution in [2.75, 3.05) is 7.11 Å². The second-order valence-electron chi connectivity index (χ2n) is 8.35. The molecule has 4 aromatic rings. The second kappa shape index (κ2) is 8.81. The minimum atomic E-state index is -3.08. The number of hydrogen-bond acceptors (Lipinski definition) is 6. The van der Waals surface area contributed by atoms with Crippen LogP contribution in [0, 0.1) is 12.8 Å². The van der Waals surface area contributed by atoms with Crippen molar-refractivity contribution in [1.82, 2.24) is 19.6 Å². The fourth-order valence-corrected chi connectivity index (χ4v) is 3.96. The molecule has 1 aliphatic carbocycles. The maximum Gasteiger partial charge on any atom is 0.387 e.